The van der Waals surface area contributed by atoms with Crippen molar-refractivity contribution in [1.29, 1.82) is 0 Å². The summed E-state index contributed by atoms with van der Waals surface area (Å²) in [6, 6.07) is 7.99. The van der Waals surface area contributed by atoms with Gasteiger partial charge < -0.3 is 14.5 Å². The summed E-state index contributed by atoms with van der Waals surface area (Å²) < 4.78 is 7.11. The molecule has 6 heteroatoms. The summed E-state index contributed by atoms with van der Waals surface area (Å²) in [5.41, 5.74) is 2.55. The fourth-order valence-corrected chi connectivity index (χ4v) is 3.01. The molecule has 0 bridgehead atoms. The molecule has 1 amide bonds. The van der Waals surface area contributed by atoms with Crippen molar-refractivity contribution in [2.75, 3.05) is 38.2 Å². The van der Waals surface area contributed by atoms with Crippen LogP contribution in [0.15, 0.2) is 30.5 Å². The van der Waals surface area contributed by atoms with Crippen molar-refractivity contribution >= 4 is 11.6 Å². The van der Waals surface area contributed by atoms with Gasteiger partial charge in [-0.15, -0.1) is 0 Å². The quantitative estimate of drug-likeness (QED) is 0.865. The molecule has 1 fully saturated rings. The summed E-state index contributed by atoms with van der Waals surface area (Å²) in [6.45, 7) is 4.88. The van der Waals surface area contributed by atoms with Crippen LogP contribution in [-0.2, 0) is 7.05 Å². The van der Waals surface area contributed by atoms with Crippen LogP contribution in [0.25, 0.3) is 0 Å². The molecule has 1 aromatic heterocycles. The van der Waals surface area contributed by atoms with Gasteiger partial charge in [-0.1, -0.05) is 12.1 Å². The number of carbonyl (C=O) groups is 1. The molecule has 23 heavy (non-hydrogen) atoms. The molecule has 0 N–H and O–H groups in total. The Hall–Kier alpha value is -2.50. The van der Waals surface area contributed by atoms with Crippen molar-refractivity contribution in [2.45, 2.75) is 6.92 Å². The summed E-state index contributed by atoms with van der Waals surface area (Å²) in [6.07, 6.45) is 1.87. The smallest absolute Gasteiger partial charge is 0.274 e. The molecule has 1 aliphatic heterocycles. The van der Waals surface area contributed by atoms with Crippen LogP contribution in [0, 0.1) is 6.92 Å². The van der Waals surface area contributed by atoms with Crippen molar-refractivity contribution < 1.29 is 9.53 Å². The molecule has 1 saturated heterocycles. The van der Waals surface area contributed by atoms with Crippen LogP contribution in [0.1, 0.15) is 16.1 Å². The van der Waals surface area contributed by atoms with E-state index in [0.717, 1.165) is 30.1 Å². The van der Waals surface area contributed by atoms with E-state index in [1.165, 1.54) is 0 Å². The molecule has 0 unspecified atom stereocenters. The number of aryl methyl sites for hydroxylation is 2. The van der Waals surface area contributed by atoms with Gasteiger partial charge in [-0.2, -0.15) is 5.10 Å². The van der Waals surface area contributed by atoms with Gasteiger partial charge in [0, 0.05) is 45.0 Å². The first kappa shape index (κ1) is 15.4. The molecule has 2 heterocycles. The van der Waals surface area contributed by atoms with Crippen LogP contribution < -0.4 is 9.64 Å². The molecule has 0 saturated carbocycles. The van der Waals surface area contributed by atoms with Crippen molar-refractivity contribution in [2.24, 2.45) is 7.05 Å². The van der Waals surface area contributed by atoms with Gasteiger partial charge in [-0.05, 0) is 19.1 Å². The molecular formula is C17H22N4O2. The number of methoxy groups -OCH3 is 1. The number of ether oxygens (including phenoxy) is 1. The summed E-state index contributed by atoms with van der Waals surface area (Å²) in [5.74, 6) is 0.885. The summed E-state index contributed by atoms with van der Waals surface area (Å²) in [7, 11) is 3.52. The standard InChI is InChI=1S/C17H22N4O2/c1-13-12-19(2)18-16(13)17(22)21-10-8-20(9-11-21)14-6-4-5-7-15(14)23-3/h4-7,12H,8-11H2,1-3H3. The Morgan fingerprint density at radius 1 is 1.17 bits per heavy atom. The van der Waals surface area contributed by atoms with E-state index in [2.05, 4.69) is 16.1 Å². The highest BCUT2D eigenvalue weighted by atomic mass is 16.5. The minimum Gasteiger partial charge on any atom is -0.495 e. The first-order chi connectivity index (χ1) is 11.1. The van der Waals surface area contributed by atoms with E-state index in [9.17, 15) is 4.79 Å². The topological polar surface area (TPSA) is 50.6 Å². The zero-order valence-corrected chi connectivity index (χ0v) is 13.8. The first-order valence-electron chi connectivity index (χ1n) is 7.77. The molecule has 6 nitrogen and oxygen atoms in total. The third-order valence-electron chi connectivity index (χ3n) is 4.21. The fourth-order valence-electron chi connectivity index (χ4n) is 3.01. The zero-order valence-electron chi connectivity index (χ0n) is 13.8. The van der Waals surface area contributed by atoms with Crippen molar-refractivity contribution in [1.82, 2.24) is 14.7 Å². The van der Waals surface area contributed by atoms with Crippen LogP contribution in [0.3, 0.4) is 0 Å². The Morgan fingerprint density at radius 2 is 1.87 bits per heavy atom. The average Bonchev–Trinajstić information content (AvgIpc) is 2.92. The normalized spacial score (nSPS) is 14.9. The van der Waals surface area contributed by atoms with Crippen LogP contribution in [0.2, 0.25) is 0 Å². The lowest BCUT2D eigenvalue weighted by atomic mass is 10.2. The van der Waals surface area contributed by atoms with E-state index in [1.54, 1.807) is 11.8 Å². The molecule has 0 aliphatic carbocycles. The highest BCUT2D eigenvalue weighted by Crippen LogP contribution is 2.28. The second-order valence-corrected chi connectivity index (χ2v) is 5.79. The maximum atomic E-state index is 12.6. The maximum absolute atomic E-state index is 12.6. The number of piperazine rings is 1. The number of hydrogen-bond donors (Lipinski definition) is 0. The van der Waals surface area contributed by atoms with Gasteiger partial charge in [0.1, 0.15) is 5.75 Å². The lowest BCUT2D eigenvalue weighted by molar-refractivity contribution is 0.0739. The summed E-state index contributed by atoms with van der Waals surface area (Å²) in [5, 5.41) is 4.28. The van der Waals surface area contributed by atoms with E-state index in [4.69, 9.17) is 4.74 Å². The van der Waals surface area contributed by atoms with Crippen molar-refractivity contribution in [3.8, 4) is 5.75 Å². The average molecular weight is 314 g/mol. The number of carbonyl (C=O) groups excluding carboxylic acids is 1. The van der Waals surface area contributed by atoms with Crippen LogP contribution in [0.5, 0.6) is 5.75 Å². The predicted molar refractivity (Wildman–Crippen MR) is 89.1 cm³/mol. The van der Waals surface area contributed by atoms with E-state index in [-0.39, 0.29) is 5.91 Å². The van der Waals surface area contributed by atoms with E-state index < -0.39 is 0 Å². The van der Waals surface area contributed by atoms with E-state index >= 15 is 0 Å². The van der Waals surface area contributed by atoms with Gasteiger partial charge in [-0.25, -0.2) is 0 Å². The third-order valence-corrected chi connectivity index (χ3v) is 4.21. The Balaban J connectivity index is 1.69. The number of nitrogens with zero attached hydrogens (tertiary/aromatic N) is 4. The Morgan fingerprint density at radius 3 is 2.48 bits per heavy atom. The highest BCUT2D eigenvalue weighted by Gasteiger charge is 2.26. The summed E-state index contributed by atoms with van der Waals surface area (Å²) in [4.78, 5) is 16.7. The number of para-hydroxylation sites is 2. The van der Waals surface area contributed by atoms with Gasteiger partial charge in [0.25, 0.3) is 5.91 Å². The number of aromatic nitrogens is 2. The Bertz CT molecular complexity index is 702. The monoisotopic (exact) mass is 314 g/mol. The van der Waals surface area contributed by atoms with Crippen LogP contribution in [0.4, 0.5) is 5.69 Å². The second kappa shape index (κ2) is 6.32. The van der Waals surface area contributed by atoms with E-state index in [0.29, 0.717) is 18.8 Å². The number of amides is 1. The fraction of sp³-hybridized carbons (Fsp3) is 0.412. The number of hydrogen-bond acceptors (Lipinski definition) is 4. The minimum absolute atomic E-state index is 0.0165. The van der Waals surface area contributed by atoms with Crippen LogP contribution in [-0.4, -0.2) is 53.9 Å². The molecule has 1 aromatic carbocycles. The van der Waals surface area contributed by atoms with Gasteiger partial charge in [0.2, 0.25) is 0 Å². The predicted octanol–water partition coefficient (Wildman–Crippen LogP) is 1.70. The molecule has 1 aliphatic rings. The van der Waals surface area contributed by atoms with Crippen molar-refractivity contribution in [3.63, 3.8) is 0 Å². The lowest BCUT2D eigenvalue weighted by Gasteiger charge is -2.36. The molecular weight excluding hydrogens is 292 g/mol. The number of anilines is 1. The van der Waals surface area contributed by atoms with Crippen LogP contribution >= 0.6 is 0 Å². The maximum Gasteiger partial charge on any atom is 0.274 e. The first-order valence-corrected chi connectivity index (χ1v) is 7.77. The number of rotatable bonds is 3. The summed E-state index contributed by atoms with van der Waals surface area (Å²) >= 11 is 0. The van der Waals surface area contributed by atoms with Crippen molar-refractivity contribution in [3.05, 3.63) is 41.7 Å². The SMILES string of the molecule is COc1ccccc1N1CCN(C(=O)c2nn(C)cc2C)CC1. The second-order valence-electron chi connectivity index (χ2n) is 5.79. The largest absolute Gasteiger partial charge is 0.495 e. The molecule has 0 spiro atoms. The third kappa shape index (κ3) is 3.02. The molecule has 2 aromatic rings. The molecule has 3 rings (SSSR count). The molecule has 122 valence electrons. The van der Waals surface area contributed by atoms with E-state index in [1.807, 2.05) is 43.3 Å². The van der Waals surface area contributed by atoms with Gasteiger partial charge in [0.05, 0.1) is 12.8 Å². The minimum atomic E-state index is 0.0165. The lowest BCUT2D eigenvalue weighted by Crippen LogP contribution is -2.49. The van der Waals surface area contributed by atoms with Gasteiger partial charge in [0.15, 0.2) is 5.69 Å². The Labute approximate surface area is 136 Å². The zero-order chi connectivity index (χ0) is 16.4. The molecule has 0 atom stereocenters. The highest BCUT2D eigenvalue weighted by molar-refractivity contribution is 5.93. The molecule has 0 radical (unpaired) electrons. The van der Waals surface area contributed by atoms with Gasteiger partial charge >= 0.3 is 0 Å². The Kier molecular flexibility index (Phi) is 4.23. The number of benzene rings is 1. The van der Waals surface area contributed by atoms with Gasteiger partial charge in [-0.3, -0.25) is 9.48 Å².